The first kappa shape index (κ1) is 70.1. The number of hydrogen-bond acceptors (Lipinski definition) is 23. The van der Waals surface area contributed by atoms with Crippen LogP contribution in [0.25, 0.3) is 0 Å². The summed E-state index contributed by atoms with van der Waals surface area (Å²) in [5, 5.41) is 59.8. The van der Waals surface area contributed by atoms with Gasteiger partial charge in [0.25, 0.3) is 0 Å². The van der Waals surface area contributed by atoms with Crippen LogP contribution in [0.2, 0.25) is 0 Å². The van der Waals surface area contributed by atoms with Gasteiger partial charge in [-0.1, -0.05) is 50.1 Å². The summed E-state index contributed by atoms with van der Waals surface area (Å²) in [4.78, 5) is 10.2. The lowest BCUT2D eigenvalue weighted by Gasteiger charge is -2.14. The Morgan fingerprint density at radius 2 is 0.775 bits per heavy atom. The van der Waals surface area contributed by atoms with E-state index >= 15 is 0 Å². The van der Waals surface area contributed by atoms with Crippen LogP contribution in [0.4, 0.5) is 81.4 Å². The number of hydrogen-bond donors (Lipinski definition) is 2. The Morgan fingerprint density at radius 1 is 0.412 bits per heavy atom. The zero-order valence-corrected chi connectivity index (χ0v) is 49.5. The fraction of sp³-hybridized carbons (Fsp3) is 0.396. The van der Waals surface area contributed by atoms with E-state index in [1.807, 2.05) is 210 Å². The summed E-state index contributed by atoms with van der Waals surface area (Å²) in [5.41, 5.74) is 14.7. The standard InChI is InChI=1S/2C13H19N6S.C12H16N5S.C11H15N6S.4CH4/c1-17(2)11-8-6-10(7-9-11)14-15-12-19(5)16-13(20-12)18(3)4;1-9-8-10(6-7-11(9)18(3)4)15-16-13-19(5)17-12(14-2)20-13;1-9-15-17(4)12(18-9)14-13-10-5-7-11(8-6-10)16(2)3;1-16(2)9-6-4-8(5-7-9)13-14-11-17(3)15-10(12)18-11;;;;/h6-9H,1-5H3;6-8H,1-5H3,(H,14,17);5-8H,1-4H3;4-7H,1-3H3,(H2,12,15);4*1H4/q4*+1;;;;. The van der Waals surface area contributed by atoms with Gasteiger partial charge in [-0.05, 0) is 176 Å². The highest BCUT2D eigenvalue weighted by molar-refractivity contribution is 7.18. The van der Waals surface area contributed by atoms with Gasteiger partial charge in [0.2, 0.25) is 15.4 Å². The van der Waals surface area contributed by atoms with Gasteiger partial charge in [-0.2, -0.15) is 0 Å². The number of azo groups is 4. The van der Waals surface area contributed by atoms with Gasteiger partial charge >= 0.3 is 20.5 Å². The Balaban J connectivity index is 0.000000525. The fourth-order valence-electron chi connectivity index (χ4n) is 6.21. The van der Waals surface area contributed by atoms with Crippen molar-refractivity contribution in [2.45, 2.75) is 43.6 Å². The molecule has 27 heteroatoms. The van der Waals surface area contributed by atoms with Crippen LogP contribution in [0, 0.1) is 13.8 Å². The second-order valence-electron chi connectivity index (χ2n) is 17.5. The molecule has 0 amide bonds. The Hall–Kier alpha value is -7.88. The van der Waals surface area contributed by atoms with Crippen LogP contribution in [-0.2, 0) is 28.2 Å². The largest absolute Gasteiger partial charge is 0.431 e. The van der Waals surface area contributed by atoms with Gasteiger partial charge in [0.05, 0.1) is 20.5 Å². The van der Waals surface area contributed by atoms with Crippen molar-refractivity contribution in [1.82, 2.24) is 20.4 Å². The molecule has 80 heavy (non-hydrogen) atoms. The van der Waals surface area contributed by atoms with Crippen LogP contribution >= 0.6 is 45.3 Å². The molecular weight excluding hydrogens is 1090 g/mol. The number of aromatic nitrogens is 8. The van der Waals surface area contributed by atoms with Gasteiger partial charge < -0.3 is 35.6 Å². The summed E-state index contributed by atoms with van der Waals surface area (Å²) in [6.45, 7) is 4.02. The number of nitrogens with two attached hydrogens (primary N) is 1. The van der Waals surface area contributed by atoms with E-state index in [0.717, 1.165) is 70.5 Å². The van der Waals surface area contributed by atoms with Crippen molar-refractivity contribution in [3.63, 3.8) is 0 Å². The van der Waals surface area contributed by atoms with Crippen LogP contribution in [0.3, 0.4) is 0 Å². The number of anilines is 7. The number of nitrogens with zero attached hydrogens (tertiary/aromatic N) is 21. The molecule has 0 fully saturated rings. The van der Waals surface area contributed by atoms with Crippen molar-refractivity contribution in [3.8, 4) is 0 Å². The lowest BCUT2D eigenvalue weighted by Crippen LogP contribution is -2.30. The first-order valence-electron chi connectivity index (χ1n) is 23.4. The topological polar surface area (TPSA) is 220 Å². The van der Waals surface area contributed by atoms with Gasteiger partial charge in [-0.25, -0.2) is 0 Å². The van der Waals surface area contributed by atoms with Crippen molar-refractivity contribution in [2.24, 2.45) is 69.1 Å². The molecule has 23 nitrogen and oxygen atoms in total. The lowest BCUT2D eigenvalue weighted by atomic mass is 10.1. The molecule has 4 aromatic heterocycles. The molecule has 8 aromatic rings. The van der Waals surface area contributed by atoms with Crippen LogP contribution in [0.15, 0.2) is 132 Å². The Kier molecular flexibility index (Phi) is 29.4. The smallest absolute Gasteiger partial charge is 0.378 e. The van der Waals surface area contributed by atoms with Crippen molar-refractivity contribution in [2.75, 3.05) is 113 Å². The van der Waals surface area contributed by atoms with E-state index in [1.54, 1.807) is 25.8 Å². The highest BCUT2D eigenvalue weighted by atomic mass is 32.1. The third-order valence-electron chi connectivity index (χ3n) is 10.3. The monoisotopic (exact) mass is 1170 g/mol. The average molecular weight is 1170 g/mol. The zero-order chi connectivity index (χ0) is 55.6. The Labute approximate surface area is 490 Å². The second-order valence-corrected chi connectivity index (χ2v) is 21.6. The number of benzene rings is 4. The lowest BCUT2D eigenvalue weighted by molar-refractivity contribution is -0.714. The third kappa shape index (κ3) is 21.4. The van der Waals surface area contributed by atoms with Gasteiger partial charge in [0.1, 0.15) is 55.9 Å². The molecular formula is C53H85N23S4+4. The first-order chi connectivity index (χ1) is 36.1. The molecule has 0 unspecified atom stereocenters. The quantitative estimate of drug-likeness (QED) is 0.0770. The third-order valence-corrected chi connectivity index (χ3v) is 14.2. The van der Waals surface area contributed by atoms with Crippen molar-refractivity contribution in [1.29, 1.82) is 0 Å². The molecule has 4 heterocycles. The molecule has 0 aliphatic rings. The van der Waals surface area contributed by atoms with Gasteiger partial charge in [-0.15, -0.1) is 18.7 Å². The maximum atomic E-state index is 5.58. The number of nitrogen functional groups attached to an aromatic ring is 1. The number of nitrogens with one attached hydrogen (secondary N) is 1. The van der Waals surface area contributed by atoms with Gasteiger partial charge in [0, 0.05) is 100 Å². The Morgan fingerprint density at radius 3 is 1.10 bits per heavy atom. The van der Waals surface area contributed by atoms with E-state index in [9.17, 15) is 0 Å². The van der Waals surface area contributed by atoms with Crippen LogP contribution in [0.1, 0.15) is 40.3 Å². The van der Waals surface area contributed by atoms with E-state index in [1.165, 1.54) is 56.6 Å². The van der Waals surface area contributed by atoms with Gasteiger partial charge in [0.15, 0.2) is 0 Å². The predicted molar refractivity (Wildman–Crippen MR) is 338 cm³/mol. The minimum atomic E-state index is 0. The first-order valence-corrected chi connectivity index (χ1v) is 26.7. The molecule has 0 aliphatic carbocycles. The molecule has 432 valence electrons. The molecule has 0 radical (unpaired) electrons. The Bertz CT molecular complexity index is 3100. The normalized spacial score (nSPS) is 10.5. The highest BCUT2D eigenvalue weighted by Crippen LogP contribution is 2.29. The van der Waals surface area contributed by atoms with Crippen molar-refractivity contribution in [3.05, 3.63) is 102 Å². The molecule has 0 saturated heterocycles. The molecule has 0 bridgehead atoms. The number of aryl methyl sites for hydroxylation is 6. The summed E-state index contributed by atoms with van der Waals surface area (Å²) in [7, 11) is 29.2. The maximum Gasteiger partial charge on any atom is 0.431 e. The molecule has 0 saturated carbocycles. The number of rotatable bonds is 14. The molecule has 8 rings (SSSR count). The van der Waals surface area contributed by atoms with E-state index in [2.05, 4.69) is 84.5 Å². The van der Waals surface area contributed by atoms with Crippen molar-refractivity contribution >= 4 is 127 Å². The van der Waals surface area contributed by atoms with Crippen molar-refractivity contribution < 1.29 is 18.7 Å². The van der Waals surface area contributed by atoms with E-state index in [0.29, 0.717) is 10.3 Å². The SMILES string of the molecule is C.C.C.C.CN(C)c1ccc(N=Nc2sc(N(C)C)n[n+]2C)cc1.CN(C)c1ccc(N=Nc2sc(N)n[n+]2C)cc1.CNc1n[n+](C)c(N=Nc2ccc(N(C)C)c(C)c2)s1.Cc1n[n+](C)c(N=Nc2ccc(N(C)C)cc2)s1. The summed E-state index contributed by atoms with van der Waals surface area (Å²) in [6.07, 6.45) is 0. The maximum absolute atomic E-state index is 5.58. The fourth-order valence-corrected chi connectivity index (χ4v) is 8.96. The molecule has 0 aliphatic heterocycles. The molecule has 0 atom stereocenters. The summed E-state index contributed by atoms with van der Waals surface area (Å²) >= 11 is 5.79. The molecule has 4 aromatic carbocycles. The summed E-state index contributed by atoms with van der Waals surface area (Å²) in [6, 6.07) is 29.8. The van der Waals surface area contributed by atoms with E-state index in [-0.39, 0.29) is 29.7 Å². The minimum Gasteiger partial charge on any atom is -0.378 e. The van der Waals surface area contributed by atoms with Gasteiger partial charge in [-0.3, -0.25) is 0 Å². The molecule has 3 N–H and O–H groups in total. The average Bonchev–Trinajstić information content (AvgIpc) is 4.14. The highest BCUT2D eigenvalue weighted by Gasteiger charge is 2.18. The van der Waals surface area contributed by atoms with E-state index in [4.69, 9.17) is 5.73 Å². The van der Waals surface area contributed by atoms with Crippen LogP contribution in [0.5, 0.6) is 0 Å². The zero-order valence-electron chi connectivity index (χ0n) is 46.3. The minimum absolute atomic E-state index is 0. The van der Waals surface area contributed by atoms with Crippen LogP contribution in [-0.4, -0.2) is 97.9 Å². The second kappa shape index (κ2) is 33.5. The van der Waals surface area contributed by atoms with Crippen LogP contribution < -0.4 is 54.3 Å². The molecule has 0 spiro atoms. The summed E-state index contributed by atoms with van der Waals surface area (Å²) in [5.74, 6) is 0. The summed E-state index contributed by atoms with van der Waals surface area (Å²) < 4.78 is 6.79. The van der Waals surface area contributed by atoms with E-state index < -0.39 is 0 Å². The predicted octanol–water partition coefficient (Wildman–Crippen LogP) is 12.6.